The van der Waals surface area contributed by atoms with E-state index < -0.39 is 0 Å². The Morgan fingerprint density at radius 3 is 1.87 bits per heavy atom. The SMILES string of the molecule is CCC(=N\OC)/C(=N\OC)C(/C)=N/OC. The molecule has 0 aromatic heterocycles. The standard InChI is InChI=1S/C9H17N3O3/c1-6-8(11-14-4)9(12-15-5)7(2)10-13-3/h6H2,1-5H3/b10-7+,11-8+,12-9-. The highest BCUT2D eigenvalue weighted by Gasteiger charge is 2.13. The molecule has 0 saturated carbocycles. The van der Waals surface area contributed by atoms with Crippen molar-refractivity contribution in [2.75, 3.05) is 21.3 Å². The summed E-state index contributed by atoms with van der Waals surface area (Å²) < 4.78 is 0. The Morgan fingerprint density at radius 2 is 1.47 bits per heavy atom. The molecule has 0 radical (unpaired) electrons. The second kappa shape index (κ2) is 7.78. The molecule has 0 aromatic carbocycles. The predicted molar refractivity (Wildman–Crippen MR) is 59.3 cm³/mol. The Bertz CT molecular complexity index is 272. The first-order valence-corrected chi connectivity index (χ1v) is 4.50. The van der Waals surface area contributed by atoms with Gasteiger partial charge in [0.05, 0.1) is 0 Å². The van der Waals surface area contributed by atoms with Crippen molar-refractivity contribution in [1.82, 2.24) is 0 Å². The van der Waals surface area contributed by atoms with E-state index in [9.17, 15) is 0 Å². The first-order chi connectivity index (χ1) is 7.21. The van der Waals surface area contributed by atoms with E-state index in [1.807, 2.05) is 6.92 Å². The minimum atomic E-state index is 0.517. The normalized spacial score (nSPS) is 13.8. The van der Waals surface area contributed by atoms with Gasteiger partial charge in [-0.3, -0.25) is 0 Å². The van der Waals surface area contributed by atoms with E-state index in [4.69, 9.17) is 9.68 Å². The number of rotatable bonds is 6. The zero-order valence-corrected chi connectivity index (χ0v) is 9.77. The van der Waals surface area contributed by atoms with Crippen molar-refractivity contribution in [2.45, 2.75) is 20.3 Å². The van der Waals surface area contributed by atoms with Crippen LogP contribution in [-0.4, -0.2) is 38.5 Å². The Balaban J connectivity index is 5.04. The average Bonchev–Trinajstić information content (AvgIpc) is 2.23. The van der Waals surface area contributed by atoms with Crippen molar-refractivity contribution in [3.05, 3.63) is 0 Å². The lowest BCUT2D eigenvalue weighted by atomic mass is 10.1. The molecule has 0 atom stereocenters. The first kappa shape index (κ1) is 13.4. The summed E-state index contributed by atoms with van der Waals surface area (Å²) in [5.74, 6) is 0. The van der Waals surface area contributed by atoms with E-state index in [1.54, 1.807) is 6.92 Å². The second-order valence-electron chi connectivity index (χ2n) is 2.56. The zero-order valence-electron chi connectivity index (χ0n) is 9.77. The highest BCUT2D eigenvalue weighted by atomic mass is 16.6. The molecule has 0 aliphatic heterocycles. The van der Waals surface area contributed by atoms with E-state index >= 15 is 0 Å². The van der Waals surface area contributed by atoms with Gasteiger partial charge in [-0.2, -0.15) is 0 Å². The lowest BCUT2D eigenvalue weighted by molar-refractivity contribution is 0.207. The molecule has 6 heteroatoms. The van der Waals surface area contributed by atoms with Crippen LogP contribution in [0.1, 0.15) is 20.3 Å². The smallest absolute Gasteiger partial charge is 0.152 e. The van der Waals surface area contributed by atoms with Gasteiger partial charge in [0.1, 0.15) is 32.8 Å². The molecule has 0 spiro atoms. The fourth-order valence-corrected chi connectivity index (χ4v) is 0.984. The highest BCUT2D eigenvalue weighted by molar-refractivity contribution is 6.68. The molecule has 0 bridgehead atoms. The van der Waals surface area contributed by atoms with Gasteiger partial charge in [-0.1, -0.05) is 22.4 Å². The number of hydrogen-bond donors (Lipinski definition) is 0. The molecule has 0 unspecified atom stereocenters. The lowest BCUT2D eigenvalue weighted by Gasteiger charge is -2.05. The molecular formula is C9H17N3O3. The quantitative estimate of drug-likeness (QED) is 0.497. The topological polar surface area (TPSA) is 64.8 Å². The van der Waals surface area contributed by atoms with Crippen LogP contribution < -0.4 is 0 Å². The molecule has 0 aliphatic carbocycles. The van der Waals surface area contributed by atoms with Crippen molar-refractivity contribution < 1.29 is 14.5 Å². The summed E-state index contributed by atoms with van der Waals surface area (Å²) in [4.78, 5) is 14.1. The van der Waals surface area contributed by atoms with Gasteiger partial charge < -0.3 is 14.5 Å². The minimum absolute atomic E-state index is 0.517. The Hall–Kier alpha value is -1.59. The van der Waals surface area contributed by atoms with Gasteiger partial charge in [0, 0.05) is 0 Å². The maximum absolute atomic E-state index is 4.72. The Labute approximate surface area is 89.5 Å². The van der Waals surface area contributed by atoms with Crippen LogP contribution in [0.2, 0.25) is 0 Å². The lowest BCUT2D eigenvalue weighted by Crippen LogP contribution is -2.22. The summed E-state index contributed by atoms with van der Waals surface area (Å²) in [7, 11) is 4.40. The summed E-state index contributed by atoms with van der Waals surface area (Å²) in [5.41, 5.74) is 1.75. The number of nitrogens with zero attached hydrogens (tertiary/aromatic N) is 3. The molecule has 0 heterocycles. The Morgan fingerprint density at radius 1 is 0.933 bits per heavy atom. The van der Waals surface area contributed by atoms with Crippen LogP contribution in [0, 0.1) is 0 Å². The molecule has 0 N–H and O–H groups in total. The minimum Gasteiger partial charge on any atom is -0.399 e. The summed E-state index contributed by atoms with van der Waals surface area (Å²) >= 11 is 0. The van der Waals surface area contributed by atoms with Gasteiger partial charge >= 0.3 is 0 Å². The molecule has 6 nitrogen and oxygen atoms in total. The average molecular weight is 215 g/mol. The molecule has 0 aliphatic rings. The third-order valence-corrected chi connectivity index (χ3v) is 1.56. The van der Waals surface area contributed by atoms with Crippen molar-refractivity contribution in [1.29, 1.82) is 0 Å². The summed E-state index contributed by atoms with van der Waals surface area (Å²) in [6.45, 7) is 3.69. The third-order valence-electron chi connectivity index (χ3n) is 1.56. The van der Waals surface area contributed by atoms with Gasteiger partial charge in [-0.15, -0.1) is 0 Å². The first-order valence-electron chi connectivity index (χ1n) is 4.50. The molecule has 86 valence electrons. The van der Waals surface area contributed by atoms with E-state index in [2.05, 4.69) is 20.3 Å². The Kier molecular flexibility index (Phi) is 6.96. The van der Waals surface area contributed by atoms with E-state index in [1.165, 1.54) is 21.3 Å². The molecule has 0 amide bonds. The van der Waals surface area contributed by atoms with Crippen LogP contribution in [0.4, 0.5) is 0 Å². The summed E-state index contributed by atoms with van der Waals surface area (Å²) in [6, 6.07) is 0. The molecule has 0 fully saturated rings. The van der Waals surface area contributed by atoms with E-state index in [-0.39, 0.29) is 0 Å². The molecule has 15 heavy (non-hydrogen) atoms. The van der Waals surface area contributed by atoms with Gasteiger partial charge in [-0.05, 0) is 13.3 Å². The molecule has 0 saturated heterocycles. The fraction of sp³-hybridized carbons (Fsp3) is 0.667. The van der Waals surface area contributed by atoms with E-state index in [0.717, 1.165) is 0 Å². The van der Waals surface area contributed by atoms with Crippen molar-refractivity contribution in [3.63, 3.8) is 0 Å². The molecule has 0 aromatic rings. The summed E-state index contributed by atoms with van der Waals surface area (Å²) in [6.07, 6.45) is 0.659. The summed E-state index contributed by atoms with van der Waals surface area (Å²) in [5, 5.41) is 11.4. The monoisotopic (exact) mass is 215 g/mol. The van der Waals surface area contributed by atoms with Crippen LogP contribution in [-0.2, 0) is 14.5 Å². The number of oxime groups is 3. The van der Waals surface area contributed by atoms with Crippen LogP contribution in [0.3, 0.4) is 0 Å². The number of hydrogen-bond acceptors (Lipinski definition) is 6. The van der Waals surface area contributed by atoms with Crippen LogP contribution in [0.5, 0.6) is 0 Å². The van der Waals surface area contributed by atoms with Crippen LogP contribution in [0.15, 0.2) is 15.5 Å². The van der Waals surface area contributed by atoms with Gasteiger partial charge in [-0.25, -0.2) is 0 Å². The van der Waals surface area contributed by atoms with Crippen molar-refractivity contribution in [3.8, 4) is 0 Å². The largest absolute Gasteiger partial charge is 0.399 e. The zero-order chi connectivity index (χ0) is 11.7. The molecule has 0 rings (SSSR count). The van der Waals surface area contributed by atoms with Crippen LogP contribution in [0.25, 0.3) is 0 Å². The van der Waals surface area contributed by atoms with Crippen molar-refractivity contribution in [2.24, 2.45) is 15.5 Å². The van der Waals surface area contributed by atoms with Gasteiger partial charge in [0.25, 0.3) is 0 Å². The predicted octanol–water partition coefficient (Wildman–Crippen LogP) is 1.42. The molecular weight excluding hydrogens is 198 g/mol. The fourth-order valence-electron chi connectivity index (χ4n) is 0.984. The van der Waals surface area contributed by atoms with Gasteiger partial charge in [0.15, 0.2) is 5.71 Å². The van der Waals surface area contributed by atoms with Crippen molar-refractivity contribution >= 4 is 17.1 Å². The van der Waals surface area contributed by atoms with E-state index in [0.29, 0.717) is 23.6 Å². The third kappa shape index (κ3) is 4.44. The van der Waals surface area contributed by atoms with Crippen LogP contribution >= 0.6 is 0 Å². The maximum Gasteiger partial charge on any atom is 0.152 e. The maximum atomic E-state index is 4.72. The van der Waals surface area contributed by atoms with Gasteiger partial charge in [0.2, 0.25) is 0 Å². The second-order valence-corrected chi connectivity index (χ2v) is 2.56. The highest BCUT2D eigenvalue weighted by Crippen LogP contribution is 1.97.